The summed E-state index contributed by atoms with van der Waals surface area (Å²) in [5.41, 5.74) is 8.38. The van der Waals surface area contributed by atoms with Crippen molar-refractivity contribution in [3.63, 3.8) is 0 Å². The van der Waals surface area contributed by atoms with Gasteiger partial charge in [-0.1, -0.05) is 0 Å². The van der Waals surface area contributed by atoms with E-state index >= 15 is 0 Å². The molecule has 0 spiro atoms. The molecule has 0 unspecified atom stereocenters. The van der Waals surface area contributed by atoms with Crippen LogP contribution in [0.25, 0.3) is 107 Å². The summed E-state index contributed by atoms with van der Waals surface area (Å²) in [5, 5.41) is 11.7. The Morgan fingerprint density at radius 2 is 0.702 bits per heavy atom. The van der Waals surface area contributed by atoms with Crippen LogP contribution < -0.4 is 0 Å². The molecule has 0 saturated carbocycles. The number of fused-ring (bicyclic) bond motifs is 7. The number of hydrogen-bond donors (Lipinski definition) is 0. The third kappa shape index (κ3) is 5.29. The zero-order valence-electron chi connectivity index (χ0n) is 30.4. The minimum absolute atomic E-state index is 0.0311. The molecule has 10 aromatic carbocycles. The van der Waals surface area contributed by atoms with E-state index in [0.29, 0.717) is 0 Å². The van der Waals surface area contributed by atoms with Crippen LogP contribution in [0.15, 0.2) is 188 Å². The molecule has 0 aliphatic heterocycles. The van der Waals surface area contributed by atoms with Gasteiger partial charge in [0, 0.05) is 0 Å². The Hall–Kier alpha value is -6.45. The molecule has 0 atom stereocenters. The Morgan fingerprint density at radius 1 is 0.316 bits per heavy atom. The molecule has 1 aromatic heterocycles. The first kappa shape index (κ1) is 33.9. The van der Waals surface area contributed by atoms with Crippen LogP contribution in [0.3, 0.4) is 0 Å². The molecule has 4 heteroatoms. The molecule has 57 heavy (non-hydrogen) atoms. The first-order chi connectivity index (χ1) is 28.0. The van der Waals surface area contributed by atoms with Gasteiger partial charge in [0.2, 0.25) is 0 Å². The molecular formula is C53H31F3Se. The molecule has 0 radical (unpaired) electrons. The second-order valence-electron chi connectivity index (χ2n) is 14.6. The van der Waals surface area contributed by atoms with Crippen molar-refractivity contribution in [2.45, 2.75) is 6.18 Å². The van der Waals surface area contributed by atoms with E-state index in [4.69, 9.17) is 0 Å². The maximum atomic E-state index is 13.6. The molecule has 0 aliphatic carbocycles. The number of alkyl halides is 3. The standard InChI is InChI=1S/C53H31F3Se/c54-53(55,56)34-30-28-33(29-31-34)48-35-16-4-8-20-39(35)49(40-21-9-5-17-36(40)48)43-24-13-27-46-51(43)45-26-12-25-44(52(45)57-46)50-41-22-10-6-18-37(41)47(32-14-2-1-3-15-32)38-19-7-11-23-42(38)50/h1-31H. The van der Waals surface area contributed by atoms with Crippen LogP contribution in [0.5, 0.6) is 0 Å². The van der Waals surface area contributed by atoms with Crippen LogP contribution in [0.1, 0.15) is 5.56 Å². The van der Waals surface area contributed by atoms with Crippen molar-refractivity contribution in [3.05, 3.63) is 194 Å². The Kier molecular flexibility index (Phi) is 7.76. The molecule has 0 N–H and O–H groups in total. The summed E-state index contributed by atoms with van der Waals surface area (Å²) < 4.78 is 43.6. The zero-order valence-corrected chi connectivity index (χ0v) is 32.2. The molecule has 11 rings (SSSR count). The van der Waals surface area contributed by atoms with E-state index in [0.717, 1.165) is 38.2 Å². The van der Waals surface area contributed by atoms with Gasteiger partial charge in [-0.2, -0.15) is 13.2 Å². The van der Waals surface area contributed by atoms with Gasteiger partial charge in [-0.15, -0.1) is 0 Å². The topological polar surface area (TPSA) is 0 Å². The van der Waals surface area contributed by atoms with E-state index in [-0.39, 0.29) is 14.5 Å². The Balaban J connectivity index is 1.20. The van der Waals surface area contributed by atoms with Crippen LogP contribution in [0.4, 0.5) is 13.2 Å². The van der Waals surface area contributed by atoms with Crippen LogP contribution >= 0.6 is 0 Å². The minimum atomic E-state index is -4.40. The number of rotatable bonds is 4. The predicted molar refractivity (Wildman–Crippen MR) is 235 cm³/mol. The van der Waals surface area contributed by atoms with Gasteiger partial charge < -0.3 is 0 Å². The van der Waals surface area contributed by atoms with E-state index in [1.54, 1.807) is 12.1 Å². The number of hydrogen-bond acceptors (Lipinski definition) is 0. The van der Waals surface area contributed by atoms with Crippen molar-refractivity contribution in [1.29, 1.82) is 0 Å². The molecule has 270 valence electrons. The van der Waals surface area contributed by atoms with Gasteiger partial charge in [0.05, 0.1) is 0 Å². The Bertz CT molecular complexity index is 3260. The van der Waals surface area contributed by atoms with Gasteiger partial charge >= 0.3 is 321 Å². The van der Waals surface area contributed by atoms with Crippen LogP contribution in [-0.4, -0.2) is 14.5 Å². The molecule has 0 nitrogen and oxygen atoms in total. The average molecular weight is 804 g/mol. The van der Waals surface area contributed by atoms with Gasteiger partial charge in [-0.05, 0) is 0 Å². The van der Waals surface area contributed by atoms with Gasteiger partial charge in [-0.3, -0.25) is 0 Å². The van der Waals surface area contributed by atoms with Gasteiger partial charge in [0.1, 0.15) is 0 Å². The monoisotopic (exact) mass is 804 g/mol. The van der Waals surface area contributed by atoms with Crippen molar-refractivity contribution in [1.82, 2.24) is 0 Å². The van der Waals surface area contributed by atoms with Crippen molar-refractivity contribution in [2.75, 3.05) is 0 Å². The summed E-state index contributed by atoms with van der Waals surface area (Å²) in [7, 11) is 0. The molecule has 0 amide bonds. The van der Waals surface area contributed by atoms with E-state index in [1.807, 2.05) is 12.1 Å². The molecule has 1 heterocycles. The number of halogens is 3. The first-order valence-corrected chi connectivity index (χ1v) is 20.7. The fourth-order valence-corrected chi connectivity index (χ4v) is 11.8. The second kappa shape index (κ2) is 13.1. The second-order valence-corrected chi connectivity index (χ2v) is 16.8. The number of benzene rings is 10. The fourth-order valence-electron chi connectivity index (χ4n) is 9.14. The third-order valence-electron chi connectivity index (χ3n) is 11.5. The average Bonchev–Trinajstić information content (AvgIpc) is 3.64. The molecule has 11 aromatic rings. The zero-order chi connectivity index (χ0) is 38.3. The molecule has 0 bridgehead atoms. The maximum absolute atomic E-state index is 13.6. The summed E-state index contributed by atoms with van der Waals surface area (Å²) in [6, 6.07) is 64.2. The molecule has 0 aliphatic rings. The first-order valence-electron chi connectivity index (χ1n) is 19.0. The Morgan fingerprint density at radius 3 is 1.19 bits per heavy atom. The third-order valence-corrected chi connectivity index (χ3v) is 14.0. The molecular weight excluding hydrogens is 773 g/mol. The van der Waals surface area contributed by atoms with E-state index < -0.39 is 11.7 Å². The predicted octanol–water partition coefficient (Wildman–Crippen LogP) is 15.3. The summed E-state index contributed by atoms with van der Waals surface area (Å²) in [4.78, 5) is 0. The van der Waals surface area contributed by atoms with Gasteiger partial charge in [0.25, 0.3) is 0 Å². The van der Waals surface area contributed by atoms with Crippen molar-refractivity contribution >= 4 is 76.9 Å². The van der Waals surface area contributed by atoms with Crippen molar-refractivity contribution in [2.24, 2.45) is 0 Å². The molecule has 0 fully saturated rings. The molecule has 0 saturated heterocycles. The van der Waals surface area contributed by atoms with Crippen LogP contribution in [-0.2, 0) is 6.18 Å². The van der Waals surface area contributed by atoms with Gasteiger partial charge in [-0.25, -0.2) is 0 Å². The van der Waals surface area contributed by atoms with Crippen LogP contribution in [0.2, 0.25) is 0 Å². The van der Waals surface area contributed by atoms with E-state index in [9.17, 15) is 13.2 Å². The summed E-state index contributed by atoms with van der Waals surface area (Å²) in [5.74, 6) is 0. The van der Waals surface area contributed by atoms with E-state index in [2.05, 4.69) is 152 Å². The summed E-state index contributed by atoms with van der Waals surface area (Å²) in [6.45, 7) is 0. The van der Waals surface area contributed by atoms with E-state index in [1.165, 1.54) is 80.8 Å². The fraction of sp³-hybridized carbons (Fsp3) is 0.0189. The Labute approximate surface area is 332 Å². The SMILES string of the molecule is FC(F)(F)c1ccc(-c2c3ccccc3c(-c3cccc4[se]c5c(-c6c7ccccc7c(-c7ccccc7)c7ccccc67)cccc5c34)c3ccccc23)cc1. The van der Waals surface area contributed by atoms with Crippen molar-refractivity contribution < 1.29 is 13.2 Å². The van der Waals surface area contributed by atoms with Crippen molar-refractivity contribution in [3.8, 4) is 44.5 Å². The normalized spacial score (nSPS) is 12.1. The van der Waals surface area contributed by atoms with Gasteiger partial charge in [0.15, 0.2) is 0 Å². The summed E-state index contributed by atoms with van der Waals surface area (Å²) in [6.07, 6.45) is -4.40. The van der Waals surface area contributed by atoms with Crippen LogP contribution in [0, 0.1) is 0 Å². The quantitative estimate of drug-likeness (QED) is 0.123. The summed E-state index contributed by atoms with van der Waals surface area (Å²) >= 11 is 0.0311.